The third-order valence-electron chi connectivity index (χ3n) is 2.89. The van der Waals surface area contributed by atoms with E-state index in [1.165, 1.54) is 5.56 Å². The molecular formula is C16H16BrN3S. The molecule has 0 aliphatic rings. The summed E-state index contributed by atoms with van der Waals surface area (Å²) in [4.78, 5) is 0. The van der Waals surface area contributed by atoms with E-state index >= 15 is 0 Å². The largest absolute Gasteiger partial charge is 0.331 e. The molecule has 0 unspecified atom stereocenters. The summed E-state index contributed by atoms with van der Waals surface area (Å²) in [6.45, 7) is 4.09. The Kier molecular flexibility index (Phi) is 5.47. The molecule has 108 valence electrons. The molecule has 0 saturated carbocycles. The van der Waals surface area contributed by atoms with Crippen LogP contribution in [0.4, 0.5) is 5.69 Å². The van der Waals surface area contributed by atoms with E-state index in [0.717, 1.165) is 21.3 Å². The van der Waals surface area contributed by atoms with E-state index in [2.05, 4.69) is 50.0 Å². The lowest BCUT2D eigenvalue weighted by molar-refractivity contribution is 1.05. The fourth-order valence-corrected chi connectivity index (χ4v) is 2.16. The zero-order valence-corrected chi connectivity index (χ0v) is 14.3. The topological polar surface area (TPSA) is 36.4 Å². The number of hydrazone groups is 1. The molecule has 0 aliphatic carbocycles. The van der Waals surface area contributed by atoms with Gasteiger partial charge in [0, 0.05) is 10.2 Å². The van der Waals surface area contributed by atoms with Crippen LogP contribution in [0.5, 0.6) is 0 Å². The van der Waals surface area contributed by atoms with E-state index in [1.54, 1.807) is 6.21 Å². The maximum Gasteiger partial charge on any atom is 0.191 e. The predicted octanol–water partition coefficient (Wildman–Crippen LogP) is 4.39. The van der Waals surface area contributed by atoms with Gasteiger partial charge < -0.3 is 5.32 Å². The maximum atomic E-state index is 5.23. The lowest BCUT2D eigenvalue weighted by Crippen LogP contribution is -2.24. The van der Waals surface area contributed by atoms with Crippen molar-refractivity contribution in [1.29, 1.82) is 0 Å². The molecule has 2 aromatic carbocycles. The summed E-state index contributed by atoms with van der Waals surface area (Å²) in [6.07, 6.45) is 1.73. The van der Waals surface area contributed by atoms with Crippen molar-refractivity contribution in [3.05, 3.63) is 63.6 Å². The van der Waals surface area contributed by atoms with Crippen molar-refractivity contribution in [1.82, 2.24) is 5.43 Å². The van der Waals surface area contributed by atoms with E-state index in [9.17, 15) is 0 Å². The lowest BCUT2D eigenvalue weighted by atomic mass is 10.1. The molecule has 0 radical (unpaired) electrons. The Bertz CT molecular complexity index is 666. The Balaban J connectivity index is 1.93. The minimum absolute atomic E-state index is 0.470. The number of thiocarbonyl (C=S) groups is 1. The van der Waals surface area contributed by atoms with Crippen molar-refractivity contribution < 1.29 is 0 Å². The van der Waals surface area contributed by atoms with Gasteiger partial charge in [-0.25, -0.2) is 0 Å². The summed E-state index contributed by atoms with van der Waals surface area (Å²) in [7, 11) is 0. The summed E-state index contributed by atoms with van der Waals surface area (Å²) in [6, 6.07) is 14.1. The molecule has 21 heavy (non-hydrogen) atoms. The fourth-order valence-electron chi connectivity index (χ4n) is 1.74. The monoisotopic (exact) mass is 361 g/mol. The molecule has 0 bridgehead atoms. The summed E-state index contributed by atoms with van der Waals surface area (Å²) in [5.41, 5.74) is 7.14. The second kappa shape index (κ2) is 7.33. The Morgan fingerprint density at radius 3 is 2.57 bits per heavy atom. The molecule has 0 spiro atoms. The second-order valence-corrected chi connectivity index (χ2v) is 6.02. The molecule has 2 aromatic rings. The normalized spacial score (nSPS) is 10.6. The van der Waals surface area contributed by atoms with Gasteiger partial charge >= 0.3 is 0 Å². The van der Waals surface area contributed by atoms with Crippen molar-refractivity contribution in [2.24, 2.45) is 5.10 Å². The van der Waals surface area contributed by atoms with Gasteiger partial charge in [0.2, 0.25) is 0 Å². The van der Waals surface area contributed by atoms with Crippen LogP contribution in [0.2, 0.25) is 0 Å². The summed E-state index contributed by atoms with van der Waals surface area (Å²) in [5, 5.41) is 7.74. The van der Waals surface area contributed by atoms with Gasteiger partial charge in [0.25, 0.3) is 0 Å². The minimum Gasteiger partial charge on any atom is -0.331 e. The number of halogens is 1. The Morgan fingerprint density at radius 2 is 1.86 bits per heavy atom. The third-order valence-corrected chi connectivity index (χ3v) is 3.61. The van der Waals surface area contributed by atoms with Crippen LogP contribution in [-0.4, -0.2) is 11.3 Å². The van der Waals surface area contributed by atoms with Gasteiger partial charge in [-0.15, -0.1) is 0 Å². The molecular weight excluding hydrogens is 346 g/mol. The van der Waals surface area contributed by atoms with Crippen molar-refractivity contribution in [2.75, 3.05) is 5.32 Å². The fraction of sp³-hybridized carbons (Fsp3) is 0.125. The van der Waals surface area contributed by atoms with Gasteiger partial charge in [-0.3, -0.25) is 5.43 Å². The predicted molar refractivity (Wildman–Crippen MR) is 97.0 cm³/mol. The Labute approximate surface area is 138 Å². The van der Waals surface area contributed by atoms with E-state index < -0.39 is 0 Å². The standard InChI is InChI=1S/C16H16BrN3S/c1-11-3-4-12(2)15(9-11)19-16(21)20-18-10-13-5-7-14(17)8-6-13/h3-10H,1-2H3,(H2,19,20,21)/b18-10+. The minimum atomic E-state index is 0.470. The van der Waals surface area contributed by atoms with Crippen LogP contribution in [-0.2, 0) is 0 Å². The first kappa shape index (κ1) is 15.7. The summed E-state index contributed by atoms with van der Waals surface area (Å²) < 4.78 is 1.04. The molecule has 0 saturated heterocycles. The molecule has 2 rings (SSSR count). The van der Waals surface area contributed by atoms with Crippen LogP contribution >= 0.6 is 28.1 Å². The first-order chi connectivity index (χ1) is 10.0. The molecule has 0 aromatic heterocycles. The quantitative estimate of drug-likeness (QED) is 0.483. The van der Waals surface area contributed by atoms with E-state index in [0.29, 0.717) is 5.11 Å². The zero-order chi connectivity index (χ0) is 15.2. The highest BCUT2D eigenvalue weighted by Gasteiger charge is 2.00. The number of hydrogen-bond acceptors (Lipinski definition) is 2. The van der Waals surface area contributed by atoms with Crippen LogP contribution in [0, 0.1) is 13.8 Å². The molecule has 3 nitrogen and oxygen atoms in total. The van der Waals surface area contributed by atoms with Gasteiger partial charge in [0.05, 0.1) is 6.21 Å². The number of nitrogens with zero attached hydrogens (tertiary/aromatic N) is 1. The van der Waals surface area contributed by atoms with Crippen molar-refractivity contribution in [3.63, 3.8) is 0 Å². The number of benzene rings is 2. The smallest absolute Gasteiger partial charge is 0.191 e. The molecule has 0 amide bonds. The number of nitrogens with one attached hydrogen (secondary N) is 2. The molecule has 2 N–H and O–H groups in total. The van der Waals surface area contributed by atoms with Crippen LogP contribution in [0.1, 0.15) is 16.7 Å². The maximum absolute atomic E-state index is 5.23. The van der Waals surface area contributed by atoms with Crippen LogP contribution in [0.3, 0.4) is 0 Å². The summed E-state index contributed by atoms with van der Waals surface area (Å²) in [5.74, 6) is 0. The molecule has 0 aliphatic heterocycles. The highest BCUT2D eigenvalue weighted by Crippen LogP contribution is 2.16. The highest BCUT2D eigenvalue weighted by molar-refractivity contribution is 9.10. The first-order valence-corrected chi connectivity index (χ1v) is 7.67. The molecule has 0 atom stereocenters. The lowest BCUT2D eigenvalue weighted by Gasteiger charge is -2.10. The third kappa shape index (κ3) is 4.95. The van der Waals surface area contributed by atoms with Gasteiger partial charge in [0.15, 0.2) is 5.11 Å². The first-order valence-electron chi connectivity index (χ1n) is 6.47. The molecule has 0 heterocycles. The number of aryl methyl sites for hydroxylation is 2. The van der Waals surface area contributed by atoms with Gasteiger partial charge in [0.1, 0.15) is 0 Å². The van der Waals surface area contributed by atoms with Gasteiger partial charge in [-0.1, -0.05) is 40.2 Å². The average molecular weight is 362 g/mol. The SMILES string of the molecule is Cc1ccc(C)c(NC(=S)N/N=C/c2ccc(Br)cc2)c1. The Hall–Kier alpha value is -1.72. The molecule has 0 fully saturated rings. The van der Waals surface area contributed by atoms with Crippen LogP contribution in [0.15, 0.2) is 52.0 Å². The summed E-state index contributed by atoms with van der Waals surface area (Å²) >= 11 is 8.63. The highest BCUT2D eigenvalue weighted by atomic mass is 79.9. The van der Waals surface area contributed by atoms with Gasteiger partial charge in [-0.05, 0) is 61.0 Å². The second-order valence-electron chi connectivity index (χ2n) is 4.69. The zero-order valence-electron chi connectivity index (χ0n) is 11.9. The number of anilines is 1. The van der Waals surface area contributed by atoms with Crippen LogP contribution in [0.25, 0.3) is 0 Å². The van der Waals surface area contributed by atoms with Gasteiger partial charge in [-0.2, -0.15) is 5.10 Å². The number of hydrogen-bond donors (Lipinski definition) is 2. The van der Waals surface area contributed by atoms with Crippen molar-refractivity contribution in [3.8, 4) is 0 Å². The van der Waals surface area contributed by atoms with Crippen LogP contribution < -0.4 is 10.7 Å². The Morgan fingerprint density at radius 1 is 1.14 bits per heavy atom. The van der Waals surface area contributed by atoms with E-state index in [4.69, 9.17) is 12.2 Å². The number of rotatable bonds is 3. The molecule has 5 heteroatoms. The van der Waals surface area contributed by atoms with Crippen molar-refractivity contribution >= 4 is 45.2 Å². The average Bonchev–Trinajstić information content (AvgIpc) is 2.45. The van der Waals surface area contributed by atoms with E-state index in [-0.39, 0.29) is 0 Å². The van der Waals surface area contributed by atoms with Crippen molar-refractivity contribution in [2.45, 2.75) is 13.8 Å². The van der Waals surface area contributed by atoms with E-state index in [1.807, 2.05) is 38.1 Å².